The molecule has 0 heterocycles. The van der Waals surface area contributed by atoms with Crippen molar-refractivity contribution in [3.63, 3.8) is 0 Å². The van der Waals surface area contributed by atoms with E-state index in [1.54, 1.807) is 7.05 Å². The molecule has 0 radical (unpaired) electrons. The van der Waals surface area contributed by atoms with E-state index in [2.05, 4.69) is 10.6 Å². The summed E-state index contributed by atoms with van der Waals surface area (Å²) in [6.07, 6.45) is 0.434. The van der Waals surface area contributed by atoms with Gasteiger partial charge < -0.3 is 15.5 Å². The summed E-state index contributed by atoms with van der Waals surface area (Å²) in [4.78, 5) is 24.1. The second-order valence-corrected chi connectivity index (χ2v) is 3.31. The molecule has 0 aliphatic heterocycles. The van der Waals surface area contributed by atoms with E-state index in [4.69, 9.17) is 0 Å². The Labute approximate surface area is 91.2 Å². The number of carbonyl (C=O) groups excluding carboxylic acids is 2. The minimum absolute atomic E-state index is 0.0118. The van der Waals surface area contributed by atoms with Crippen LogP contribution in [-0.4, -0.2) is 49.9 Å². The Morgan fingerprint density at radius 3 is 2.40 bits per heavy atom. The maximum atomic E-state index is 11.5. The summed E-state index contributed by atoms with van der Waals surface area (Å²) in [5.74, 6) is -0.126. The van der Waals surface area contributed by atoms with Crippen LogP contribution in [0.4, 0.5) is 0 Å². The highest BCUT2D eigenvalue weighted by molar-refractivity contribution is 5.84. The van der Waals surface area contributed by atoms with Gasteiger partial charge in [0.25, 0.3) is 0 Å². The van der Waals surface area contributed by atoms with Gasteiger partial charge in [-0.15, -0.1) is 0 Å². The number of amides is 2. The molecule has 0 unspecified atom stereocenters. The second-order valence-electron chi connectivity index (χ2n) is 3.31. The molecule has 0 aromatic carbocycles. The van der Waals surface area contributed by atoms with E-state index in [9.17, 15) is 9.59 Å². The fraction of sp³-hybridized carbons (Fsp3) is 0.800. The molecular formula is C10H21N3O2. The first-order valence-electron chi connectivity index (χ1n) is 5.33. The molecule has 2 N–H and O–H groups in total. The normalized spacial score (nSPS) is 9.80. The average Bonchev–Trinajstić information content (AvgIpc) is 2.18. The minimum atomic E-state index is -0.114. The van der Waals surface area contributed by atoms with Gasteiger partial charge >= 0.3 is 0 Å². The molecule has 88 valence electrons. The van der Waals surface area contributed by atoms with Crippen molar-refractivity contribution in [3.8, 4) is 0 Å². The molecule has 0 bridgehead atoms. The smallest absolute Gasteiger partial charge is 0.239 e. The molecule has 2 amide bonds. The first-order chi connectivity index (χ1) is 7.11. The SMILES string of the molecule is CCNCCC(=O)N(C)CC(=O)NCC. The summed E-state index contributed by atoms with van der Waals surface area (Å²) in [5, 5.41) is 5.71. The predicted molar refractivity (Wildman–Crippen MR) is 59.5 cm³/mol. The van der Waals surface area contributed by atoms with E-state index in [0.29, 0.717) is 19.5 Å². The standard InChI is InChI=1S/C10H21N3O2/c1-4-11-7-6-10(15)13(3)8-9(14)12-5-2/h11H,4-8H2,1-3H3,(H,12,14). The van der Waals surface area contributed by atoms with Gasteiger partial charge in [-0.3, -0.25) is 9.59 Å². The fourth-order valence-electron chi connectivity index (χ4n) is 1.12. The molecule has 0 saturated heterocycles. The number of nitrogens with zero attached hydrogens (tertiary/aromatic N) is 1. The van der Waals surface area contributed by atoms with Crippen LogP contribution in [-0.2, 0) is 9.59 Å². The zero-order valence-electron chi connectivity index (χ0n) is 9.80. The molecule has 0 fully saturated rings. The van der Waals surface area contributed by atoms with Crippen LogP contribution in [0.25, 0.3) is 0 Å². The highest BCUT2D eigenvalue weighted by Gasteiger charge is 2.11. The van der Waals surface area contributed by atoms with Crippen molar-refractivity contribution >= 4 is 11.8 Å². The molecule has 0 atom stereocenters. The molecule has 0 aliphatic carbocycles. The van der Waals surface area contributed by atoms with Crippen molar-refractivity contribution in [1.82, 2.24) is 15.5 Å². The van der Waals surface area contributed by atoms with Gasteiger partial charge in [0.15, 0.2) is 0 Å². The molecule has 0 spiro atoms. The number of likely N-dealkylation sites (N-methyl/N-ethyl adjacent to an activating group) is 2. The Morgan fingerprint density at radius 2 is 1.87 bits per heavy atom. The lowest BCUT2D eigenvalue weighted by Gasteiger charge is -2.16. The van der Waals surface area contributed by atoms with Crippen LogP contribution in [0, 0.1) is 0 Å². The third-order valence-corrected chi connectivity index (χ3v) is 1.95. The molecule has 0 rings (SSSR count). The van der Waals surface area contributed by atoms with Gasteiger partial charge in [-0.1, -0.05) is 6.92 Å². The maximum Gasteiger partial charge on any atom is 0.239 e. The average molecular weight is 215 g/mol. The van der Waals surface area contributed by atoms with Crippen molar-refractivity contribution in [2.75, 3.05) is 33.2 Å². The second kappa shape index (κ2) is 8.23. The zero-order valence-corrected chi connectivity index (χ0v) is 9.80. The topological polar surface area (TPSA) is 61.4 Å². The van der Waals surface area contributed by atoms with E-state index >= 15 is 0 Å². The van der Waals surface area contributed by atoms with E-state index < -0.39 is 0 Å². The lowest BCUT2D eigenvalue weighted by Crippen LogP contribution is -2.39. The van der Waals surface area contributed by atoms with Crippen LogP contribution in [0.2, 0.25) is 0 Å². The summed E-state index contributed by atoms with van der Waals surface area (Å²) >= 11 is 0. The monoisotopic (exact) mass is 215 g/mol. The zero-order chi connectivity index (χ0) is 11.7. The Balaban J connectivity index is 3.73. The van der Waals surface area contributed by atoms with Gasteiger partial charge in [0, 0.05) is 26.6 Å². The molecule has 15 heavy (non-hydrogen) atoms. The quantitative estimate of drug-likeness (QED) is 0.567. The molecule has 0 aromatic heterocycles. The van der Waals surface area contributed by atoms with Crippen LogP contribution in [0.15, 0.2) is 0 Å². The summed E-state index contributed by atoms with van der Waals surface area (Å²) in [7, 11) is 1.64. The van der Waals surface area contributed by atoms with Crippen molar-refractivity contribution in [3.05, 3.63) is 0 Å². The third kappa shape index (κ3) is 6.90. The number of nitrogens with one attached hydrogen (secondary N) is 2. The fourth-order valence-corrected chi connectivity index (χ4v) is 1.12. The van der Waals surface area contributed by atoms with Gasteiger partial charge in [-0.2, -0.15) is 0 Å². The first-order valence-corrected chi connectivity index (χ1v) is 5.33. The Kier molecular flexibility index (Phi) is 7.62. The summed E-state index contributed by atoms with van der Waals surface area (Å²) < 4.78 is 0. The number of hydrogen-bond acceptors (Lipinski definition) is 3. The number of carbonyl (C=O) groups is 2. The van der Waals surface area contributed by atoms with Gasteiger partial charge in [-0.05, 0) is 13.5 Å². The molecule has 5 heteroatoms. The van der Waals surface area contributed by atoms with E-state index in [1.165, 1.54) is 4.90 Å². The molecule has 0 saturated carbocycles. The van der Waals surface area contributed by atoms with Crippen LogP contribution in [0.1, 0.15) is 20.3 Å². The summed E-state index contributed by atoms with van der Waals surface area (Å²) in [5.41, 5.74) is 0. The maximum absolute atomic E-state index is 11.5. The molecule has 0 aliphatic rings. The number of hydrogen-bond donors (Lipinski definition) is 2. The van der Waals surface area contributed by atoms with Crippen LogP contribution in [0.3, 0.4) is 0 Å². The highest BCUT2D eigenvalue weighted by Crippen LogP contribution is 1.89. The van der Waals surface area contributed by atoms with E-state index in [-0.39, 0.29) is 18.4 Å². The summed E-state index contributed by atoms with van der Waals surface area (Å²) in [6.45, 7) is 6.09. The molecule has 5 nitrogen and oxygen atoms in total. The lowest BCUT2D eigenvalue weighted by atomic mass is 10.3. The van der Waals surface area contributed by atoms with E-state index in [1.807, 2.05) is 13.8 Å². The molecular weight excluding hydrogens is 194 g/mol. The predicted octanol–water partition coefficient (Wildman–Crippen LogP) is -0.419. The Hall–Kier alpha value is -1.10. The van der Waals surface area contributed by atoms with Crippen molar-refractivity contribution in [2.24, 2.45) is 0 Å². The minimum Gasteiger partial charge on any atom is -0.355 e. The third-order valence-electron chi connectivity index (χ3n) is 1.95. The first kappa shape index (κ1) is 13.9. The Morgan fingerprint density at radius 1 is 1.20 bits per heavy atom. The van der Waals surface area contributed by atoms with Gasteiger partial charge in [0.05, 0.1) is 6.54 Å². The van der Waals surface area contributed by atoms with Crippen molar-refractivity contribution < 1.29 is 9.59 Å². The van der Waals surface area contributed by atoms with Crippen LogP contribution in [0.5, 0.6) is 0 Å². The van der Waals surface area contributed by atoms with Crippen LogP contribution < -0.4 is 10.6 Å². The largest absolute Gasteiger partial charge is 0.355 e. The van der Waals surface area contributed by atoms with Gasteiger partial charge in [-0.25, -0.2) is 0 Å². The van der Waals surface area contributed by atoms with Crippen molar-refractivity contribution in [1.29, 1.82) is 0 Å². The lowest BCUT2D eigenvalue weighted by molar-refractivity contribution is -0.134. The molecule has 0 aromatic rings. The van der Waals surface area contributed by atoms with Crippen LogP contribution >= 0.6 is 0 Å². The van der Waals surface area contributed by atoms with E-state index in [0.717, 1.165) is 6.54 Å². The van der Waals surface area contributed by atoms with Crippen molar-refractivity contribution in [2.45, 2.75) is 20.3 Å². The number of rotatable bonds is 7. The highest BCUT2D eigenvalue weighted by atomic mass is 16.2. The van der Waals surface area contributed by atoms with Gasteiger partial charge in [0.1, 0.15) is 0 Å². The summed E-state index contributed by atoms with van der Waals surface area (Å²) in [6, 6.07) is 0. The Bertz CT molecular complexity index is 207. The van der Waals surface area contributed by atoms with Gasteiger partial charge in [0.2, 0.25) is 11.8 Å².